The average molecular weight is 347 g/mol. The molecule has 0 fully saturated rings. The van der Waals surface area contributed by atoms with Gasteiger partial charge in [0.05, 0.1) is 0 Å². The minimum Gasteiger partial charge on any atom is -0.360 e. The molecule has 0 saturated heterocycles. The van der Waals surface area contributed by atoms with Crippen LogP contribution in [0, 0.1) is 12.7 Å². The van der Waals surface area contributed by atoms with Gasteiger partial charge < -0.3 is 15.2 Å². The first kappa shape index (κ1) is 18.6. The molecule has 2 amide bonds. The second-order valence-electron chi connectivity index (χ2n) is 5.96. The molecule has 2 N–H and O–H groups in total. The van der Waals surface area contributed by atoms with Gasteiger partial charge in [0.2, 0.25) is 11.8 Å². The highest BCUT2D eigenvalue weighted by molar-refractivity contribution is 5.96. The third-order valence-corrected chi connectivity index (χ3v) is 3.92. The largest absolute Gasteiger partial charge is 0.360 e. The normalized spacial score (nSPS) is 13.1. The number of rotatable bonds is 7. The van der Waals surface area contributed by atoms with Gasteiger partial charge in [0.25, 0.3) is 0 Å². The molecule has 0 radical (unpaired) electrons. The standard InChI is InChI=1S/C18H22FN3O3/c1-4-13(14-5-7-15(19)8-6-14)10-17(23)20-12(3)18(24)21-16-9-11(2)25-22-16/h5-9,12-13H,4,10H2,1-3H3,(H,20,23)(H,21,22,24)/t12-,13?/m0/s1. The van der Waals surface area contributed by atoms with Gasteiger partial charge in [-0.15, -0.1) is 0 Å². The SMILES string of the molecule is CCC(CC(=O)N[C@@H](C)C(=O)Nc1cc(C)on1)c1ccc(F)cc1. The van der Waals surface area contributed by atoms with Gasteiger partial charge >= 0.3 is 0 Å². The van der Waals surface area contributed by atoms with Crippen LogP contribution in [0.1, 0.15) is 43.9 Å². The van der Waals surface area contributed by atoms with Crippen LogP contribution in [0.5, 0.6) is 0 Å². The Morgan fingerprint density at radius 3 is 2.52 bits per heavy atom. The molecule has 1 heterocycles. The van der Waals surface area contributed by atoms with Gasteiger partial charge in [-0.25, -0.2) is 4.39 Å². The second kappa shape index (κ2) is 8.41. The number of nitrogens with zero attached hydrogens (tertiary/aromatic N) is 1. The quantitative estimate of drug-likeness (QED) is 0.806. The molecule has 2 aromatic rings. The number of hydrogen-bond acceptors (Lipinski definition) is 4. The number of amides is 2. The summed E-state index contributed by atoms with van der Waals surface area (Å²) in [5, 5.41) is 8.92. The van der Waals surface area contributed by atoms with Crippen molar-refractivity contribution < 1.29 is 18.5 Å². The van der Waals surface area contributed by atoms with Crippen LogP contribution in [0.4, 0.5) is 10.2 Å². The number of benzene rings is 1. The number of hydrogen-bond donors (Lipinski definition) is 2. The van der Waals surface area contributed by atoms with E-state index in [-0.39, 0.29) is 30.0 Å². The third kappa shape index (κ3) is 5.41. The van der Waals surface area contributed by atoms with Gasteiger partial charge in [0.1, 0.15) is 17.6 Å². The molecule has 1 aromatic heterocycles. The lowest BCUT2D eigenvalue weighted by molar-refractivity contribution is -0.126. The van der Waals surface area contributed by atoms with E-state index < -0.39 is 6.04 Å². The Bertz CT molecular complexity index is 727. The summed E-state index contributed by atoms with van der Waals surface area (Å²) in [6, 6.07) is 7.00. The van der Waals surface area contributed by atoms with Crippen LogP contribution < -0.4 is 10.6 Å². The summed E-state index contributed by atoms with van der Waals surface area (Å²) < 4.78 is 17.9. The average Bonchev–Trinajstić information content (AvgIpc) is 2.98. The van der Waals surface area contributed by atoms with Crippen LogP contribution in [0.25, 0.3) is 0 Å². The molecule has 0 spiro atoms. The van der Waals surface area contributed by atoms with E-state index in [1.807, 2.05) is 6.92 Å². The molecule has 0 aliphatic heterocycles. The number of halogens is 1. The van der Waals surface area contributed by atoms with Gasteiger partial charge in [-0.1, -0.05) is 24.2 Å². The van der Waals surface area contributed by atoms with Crippen molar-refractivity contribution in [1.82, 2.24) is 10.5 Å². The van der Waals surface area contributed by atoms with E-state index in [9.17, 15) is 14.0 Å². The van der Waals surface area contributed by atoms with Crippen LogP contribution in [0.3, 0.4) is 0 Å². The highest BCUT2D eigenvalue weighted by Gasteiger charge is 2.20. The maximum atomic E-state index is 13.0. The molecule has 0 bridgehead atoms. The molecule has 0 aliphatic rings. The molecular weight excluding hydrogens is 325 g/mol. The van der Waals surface area contributed by atoms with Crippen LogP contribution in [0.15, 0.2) is 34.9 Å². The zero-order chi connectivity index (χ0) is 18.4. The predicted octanol–water partition coefficient (Wildman–Crippen LogP) is 3.15. The number of aryl methyl sites for hydroxylation is 1. The fourth-order valence-electron chi connectivity index (χ4n) is 2.48. The molecule has 25 heavy (non-hydrogen) atoms. The number of carbonyl (C=O) groups excluding carboxylic acids is 2. The van der Waals surface area contributed by atoms with E-state index in [1.54, 1.807) is 32.0 Å². The Labute approximate surface area is 145 Å². The number of anilines is 1. The molecule has 0 saturated carbocycles. The summed E-state index contributed by atoms with van der Waals surface area (Å²) >= 11 is 0. The van der Waals surface area contributed by atoms with Crippen molar-refractivity contribution in [2.75, 3.05) is 5.32 Å². The Kier molecular flexibility index (Phi) is 6.27. The summed E-state index contributed by atoms with van der Waals surface area (Å²) in [6.45, 7) is 5.28. The summed E-state index contributed by atoms with van der Waals surface area (Å²) in [5.41, 5.74) is 0.897. The van der Waals surface area contributed by atoms with Crippen molar-refractivity contribution in [3.8, 4) is 0 Å². The Morgan fingerprint density at radius 1 is 1.28 bits per heavy atom. The molecule has 2 atom stereocenters. The molecule has 2 rings (SSSR count). The van der Waals surface area contributed by atoms with E-state index in [0.717, 1.165) is 12.0 Å². The maximum Gasteiger partial charge on any atom is 0.247 e. The van der Waals surface area contributed by atoms with Crippen LogP contribution in [-0.2, 0) is 9.59 Å². The first-order valence-electron chi connectivity index (χ1n) is 8.18. The molecule has 134 valence electrons. The van der Waals surface area contributed by atoms with Crippen molar-refractivity contribution in [3.05, 3.63) is 47.5 Å². The fourth-order valence-corrected chi connectivity index (χ4v) is 2.48. The highest BCUT2D eigenvalue weighted by atomic mass is 19.1. The zero-order valence-electron chi connectivity index (χ0n) is 14.5. The van der Waals surface area contributed by atoms with E-state index in [4.69, 9.17) is 4.52 Å². The lowest BCUT2D eigenvalue weighted by Crippen LogP contribution is -2.42. The van der Waals surface area contributed by atoms with Crippen LogP contribution in [-0.4, -0.2) is 23.0 Å². The van der Waals surface area contributed by atoms with E-state index >= 15 is 0 Å². The van der Waals surface area contributed by atoms with Gasteiger partial charge in [-0.2, -0.15) is 0 Å². The lowest BCUT2D eigenvalue weighted by Gasteiger charge is -2.17. The Balaban J connectivity index is 1.89. The molecule has 1 aromatic carbocycles. The predicted molar refractivity (Wildman–Crippen MR) is 91.5 cm³/mol. The summed E-state index contributed by atoms with van der Waals surface area (Å²) in [6.07, 6.45) is 0.959. The first-order valence-corrected chi connectivity index (χ1v) is 8.18. The maximum absolute atomic E-state index is 13.0. The lowest BCUT2D eigenvalue weighted by atomic mass is 9.93. The van der Waals surface area contributed by atoms with E-state index in [1.165, 1.54) is 12.1 Å². The summed E-state index contributed by atoms with van der Waals surface area (Å²) in [5.74, 6) is -0.0736. The van der Waals surface area contributed by atoms with Crippen molar-refractivity contribution >= 4 is 17.6 Å². The topological polar surface area (TPSA) is 84.2 Å². The smallest absolute Gasteiger partial charge is 0.247 e. The molecule has 7 heteroatoms. The molecule has 1 unspecified atom stereocenters. The van der Waals surface area contributed by atoms with Crippen molar-refractivity contribution in [3.63, 3.8) is 0 Å². The summed E-state index contributed by atoms with van der Waals surface area (Å²) in [7, 11) is 0. The highest BCUT2D eigenvalue weighted by Crippen LogP contribution is 2.23. The second-order valence-corrected chi connectivity index (χ2v) is 5.96. The van der Waals surface area contributed by atoms with Gasteiger partial charge in [0.15, 0.2) is 5.82 Å². The fraction of sp³-hybridized carbons (Fsp3) is 0.389. The van der Waals surface area contributed by atoms with Crippen molar-refractivity contribution in [1.29, 1.82) is 0 Å². The van der Waals surface area contributed by atoms with Gasteiger partial charge in [-0.3, -0.25) is 9.59 Å². The van der Waals surface area contributed by atoms with Gasteiger partial charge in [-0.05, 0) is 43.9 Å². The van der Waals surface area contributed by atoms with Crippen LogP contribution >= 0.6 is 0 Å². The Hall–Kier alpha value is -2.70. The van der Waals surface area contributed by atoms with Crippen LogP contribution in [0.2, 0.25) is 0 Å². The van der Waals surface area contributed by atoms with Crippen molar-refractivity contribution in [2.24, 2.45) is 0 Å². The molecule has 0 aliphatic carbocycles. The summed E-state index contributed by atoms with van der Waals surface area (Å²) in [4.78, 5) is 24.3. The number of aromatic nitrogens is 1. The minimum atomic E-state index is -0.713. The first-order chi connectivity index (χ1) is 11.9. The van der Waals surface area contributed by atoms with E-state index in [0.29, 0.717) is 11.6 Å². The Morgan fingerprint density at radius 2 is 1.96 bits per heavy atom. The zero-order valence-corrected chi connectivity index (χ0v) is 14.5. The minimum absolute atomic E-state index is 0.0333. The number of carbonyl (C=O) groups is 2. The third-order valence-electron chi connectivity index (χ3n) is 3.92. The monoisotopic (exact) mass is 347 g/mol. The number of nitrogens with one attached hydrogen (secondary N) is 2. The van der Waals surface area contributed by atoms with E-state index in [2.05, 4.69) is 15.8 Å². The van der Waals surface area contributed by atoms with Crippen molar-refractivity contribution in [2.45, 2.75) is 45.6 Å². The van der Waals surface area contributed by atoms with Gasteiger partial charge in [0, 0.05) is 12.5 Å². The molecule has 6 nitrogen and oxygen atoms in total. The molecular formula is C18H22FN3O3.